The van der Waals surface area contributed by atoms with Crippen LogP contribution in [0.15, 0.2) is 16.9 Å². The number of rotatable bonds is 4. The van der Waals surface area contributed by atoms with E-state index in [1.165, 1.54) is 28.2 Å². The molecule has 0 unspecified atom stereocenters. The molecule has 2 aromatic heterocycles. The number of nitrogens with zero attached hydrogens (tertiary/aromatic N) is 2. The SMILES string of the molecule is O=c1nc(OC[C@@H]2COCCO2)cc2n1CCc1cc(C3CC3)sc1-2. The Labute approximate surface area is 149 Å². The van der Waals surface area contributed by atoms with E-state index < -0.39 is 0 Å². The number of hydrogen-bond donors (Lipinski definition) is 0. The molecule has 0 N–H and O–H groups in total. The Morgan fingerprint density at radius 2 is 2.24 bits per heavy atom. The average molecular weight is 360 g/mol. The smallest absolute Gasteiger partial charge is 0.351 e. The zero-order chi connectivity index (χ0) is 16.8. The van der Waals surface area contributed by atoms with Gasteiger partial charge in [-0.1, -0.05) is 0 Å². The van der Waals surface area contributed by atoms with Gasteiger partial charge in [-0.05, 0) is 36.8 Å². The molecule has 5 rings (SSSR count). The zero-order valence-electron chi connectivity index (χ0n) is 13.9. The Hall–Kier alpha value is -1.70. The molecule has 3 aliphatic rings. The van der Waals surface area contributed by atoms with Gasteiger partial charge in [-0.2, -0.15) is 4.98 Å². The highest BCUT2D eigenvalue weighted by Gasteiger charge is 2.29. The number of hydrogen-bond acceptors (Lipinski definition) is 6. The Morgan fingerprint density at radius 1 is 1.32 bits per heavy atom. The van der Waals surface area contributed by atoms with Gasteiger partial charge in [0.05, 0.1) is 30.4 Å². The summed E-state index contributed by atoms with van der Waals surface area (Å²) in [5, 5.41) is 0. The topological polar surface area (TPSA) is 62.6 Å². The monoisotopic (exact) mass is 360 g/mol. The van der Waals surface area contributed by atoms with Crippen LogP contribution in [0.4, 0.5) is 0 Å². The van der Waals surface area contributed by atoms with Gasteiger partial charge in [0.2, 0.25) is 5.88 Å². The Kier molecular flexibility index (Phi) is 3.87. The van der Waals surface area contributed by atoms with Crippen molar-refractivity contribution in [2.45, 2.75) is 37.8 Å². The van der Waals surface area contributed by atoms with Gasteiger partial charge in [0, 0.05) is 17.5 Å². The van der Waals surface area contributed by atoms with Gasteiger partial charge in [-0.3, -0.25) is 4.57 Å². The molecule has 2 fully saturated rings. The average Bonchev–Trinajstić information content (AvgIpc) is 3.39. The van der Waals surface area contributed by atoms with Crippen molar-refractivity contribution in [2.24, 2.45) is 0 Å². The second-order valence-corrected chi connectivity index (χ2v) is 7.90. The maximum absolute atomic E-state index is 12.4. The van der Waals surface area contributed by atoms with E-state index in [2.05, 4.69) is 11.1 Å². The van der Waals surface area contributed by atoms with Gasteiger partial charge in [0.15, 0.2) is 0 Å². The molecule has 0 amide bonds. The van der Waals surface area contributed by atoms with Crippen molar-refractivity contribution in [3.05, 3.63) is 33.1 Å². The van der Waals surface area contributed by atoms with Gasteiger partial charge in [-0.15, -0.1) is 11.3 Å². The normalized spacial score (nSPS) is 22.3. The van der Waals surface area contributed by atoms with Gasteiger partial charge < -0.3 is 14.2 Å². The van der Waals surface area contributed by atoms with Crippen LogP contribution in [-0.2, 0) is 22.4 Å². The molecule has 0 aromatic carbocycles. The minimum absolute atomic E-state index is 0.104. The lowest BCUT2D eigenvalue weighted by molar-refractivity contribution is -0.102. The molecular weight excluding hydrogens is 340 g/mol. The summed E-state index contributed by atoms with van der Waals surface area (Å²) in [6, 6.07) is 4.23. The van der Waals surface area contributed by atoms with Crippen LogP contribution in [0.3, 0.4) is 0 Å². The number of ether oxygens (including phenoxy) is 3. The number of aromatic nitrogens is 2. The minimum Gasteiger partial charge on any atom is -0.475 e. The fraction of sp³-hybridized carbons (Fsp3) is 0.556. The summed E-state index contributed by atoms with van der Waals surface area (Å²) in [5.41, 5.74) is 2.06. The van der Waals surface area contributed by atoms with Crippen LogP contribution >= 0.6 is 11.3 Å². The third kappa shape index (κ3) is 3.01. The lowest BCUT2D eigenvalue weighted by Crippen LogP contribution is -2.34. The predicted octanol–water partition coefficient (Wildman–Crippen LogP) is 2.20. The predicted molar refractivity (Wildman–Crippen MR) is 93.5 cm³/mol. The zero-order valence-corrected chi connectivity index (χ0v) is 14.7. The van der Waals surface area contributed by atoms with Crippen molar-refractivity contribution in [2.75, 3.05) is 26.4 Å². The first-order chi connectivity index (χ1) is 12.3. The van der Waals surface area contributed by atoms with Crippen LogP contribution in [-0.4, -0.2) is 42.1 Å². The molecule has 1 aliphatic carbocycles. The second kappa shape index (κ2) is 6.23. The summed E-state index contributed by atoms with van der Waals surface area (Å²) in [6.45, 7) is 2.76. The van der Waals surface area contributed by atoms with Crippen molar-refractivity contribution in [1.82, 2.24) is 9.55 Å². The molecule has 0 radical (unpaired) electrons. The van der Waals surface area contributed by atoms with Crippen molar-refractivity contribution in [3.63, 3.8) is 0 Å². The van der Waals surface area contributed by atoms with E-state index in [-0.39, 0.29) is 11.8 Å². The Balaban J connectivity index is 1.43. The van der Waals surface area contributed by atoms with Crippen molar-refractivity contribution >= 4 is 11.3 Å². The summed E-state index contributed by atoms with van der Waals surface area (Å²) in [6.07, 6.45) is 3.38. The molecule has 25 heavy (non-hydrogen) atoms. The van der Waals surface area contributed by atoms with E-state index in [1.54, 1.807) is 4.57 Å². The van der Waals surface area contributed by atoms with E-state index >= 15 is 0 Å². The first kappa shape index (κ1) is 15.5. The third-order valence-electron chi connectivity index (χ3n) is 4.93. The van der Waals surface area contributed by atoms with Crippen LogP contribution in [0.5, 0.6) is 5.88 Å². The quantitative estimate of drug-likeness (QED) is 0.836. The molecule has 7 heteroatoms. The summed E-state index contributed by atoms with van der Waals surface area (Å²) < 4.78 is 18.5. The van der Waals surface area contributed by atoms with Crippen LogP contribution in [0.1, 0.15) is 29.2 Å². The lowest BCUT2D eigenvalue weighted by atomic mass is 10.1. The molecule has 4 heterocycles. The van der Waals surface area contributed by atoms with Gasteiger partial charge in [0.25, 0.3) is 0 Å². The van der Waals surface area contributed by atoms with E-state index in [4.69, 9.17) is 14.2 Å². The molecular formula is C18H20N2O4S. The minimum atomic E-state index is -0.236. The molecule has 1 saturated carbocycles. The van der Waals surface area contributed by atoms with Gasteiger partial charge in [0.1, 0.15) is 12.7 Å². The van der Waals surface area contributed by atoms with E-state index in [1.807, 2.05) is 17.4 Å². The highest BCUT2D eigenvalue weighted by atomic mass is 32.1. The van der Waals surface area contributed by atoms with Gasteiger partial charge in [-0.25, -0.2) is 4.79 Å². The van der Waals surface area contributed by atoms with E-state index in [0.717, 1.165) is 18.0 Å². The second-order valence-electron chi connectivity index (χ2n) is 6.82. The van der Waals surface area contributed by atoms with Crippen LogP contribution < -0.4 is 10.4 Å². The number of fused-ring (bicyclic) bond motifs is 3. The molecule has 2 aliphatic heterocycles. The molecule has 0 spiro atoms. The first-order valence-electron chi connectivity index (χ1n) is 8.85. The molecule has 132 valence electrons. The van der Waals surface area contributed by atoms with Crippen LogP contribution in [0, 0.1) is 0 Å². The summed E-state index contributed by atoms with van der Waals surface area (Å²) in [5.74, 6) is 1.11. The highest BCUT2D eigenvalue weighted by molar-refractivity contribution is 7.15. The largest absolute Gasteiger partial charge is 0.475 e. The highest BCUT2D eigenvalue weighted by Crippen LogP contribution is 2.47. The lowest BCUT2D eigenvalue weighted by Gasteiger charge is -2.23. The molecule has 1 atom stereocenters. The number of aryl methyl sites for hydroxylation is 1. The van der Waals surface area contributed by atoms with E-state index in [9.17, 15) is 4.79 Å². The van der Waals surface area contributed by atoms with Crippen LogP contribution in [0.25, 0.3) is 10.6 Å². The van der Waals surface area contributed by atoms with Crippen molar-refractivity contribution < 1.29 is 14.2 Å². The van der Waals surface area contributed by atoms with E-state index in [0.29, 0.717) is 38.9 Å². The first-order valence-corrected chi connectivity index (χ1v) is 9.66. The Morgan fingerprint density at radius 3 is 3.04 bits per heavy atom. The standard InChI is InChI=1S/C18H20N2O4S/c21-18-19-16(24-10-13-9-22-5-6-23-13)8-14-17-12(3-4-20(14)18)7-15(25-17)11-1-2-11/h7-8,11,13H,1-6,9-10H2/t13-/m0/s1. The maximum atomic E-state index is 12.4. The summed E-state index contributed by atoms with van der Waals surface area (Å²) in [7, 11) is 0. The molecule has 2 aromatic rings. The fourth-order valence-corrected chi connectivity index (χ4v) is 4.83. The summed E-state index contributed by atoms with van der Waals surface area (Å²) in [4.78, 5) is 19.2. The fourth-order valence-electron chi connectivity index (χ4n) is 3.43. The van der Waals surface area contributed by atoms with Crippen molar-refractivity contribution in [3.8, 4) is 16.5 Å². The summed E-state index contributed by atoms with van der Waals surface area (Å²) >= 11 is 1.82. The van der Waals surface area contributed by atoms with Gasteiger partial charge >= 0.3 is 5.69 Å². The molecule has 0 bridgehead atoms. The Bertz CT molecular complexity index is 849. The third-order valence-corrected chi connectivity index (χ3v) is 6.30. The molecule has 1 saturated heterocycles. The molecule has 6 nitrogen and oxygen atoms in total. The van der Waals surface area contributed by atoms with Crippen molar-refractivity contribution in [1.29, 1.82) is 0 Å². The van der Waals surface area contributed by atoms with Crippen LogP contribution in [0.2, 0.25) is 0 Å². The maximum Gasteiger partial charge on any atom is 0.351 e. The number of thiophene rings is 1.